The number of aliphatic hydroxyl groups excluding tert-OH is 1. The summed E-state index contributed by atoms with van der Waals surface area (Å²) in [5.41, 5.74) is 4.17. The number of aliphatic hydroxyl groups is 1. The van der Waals surface area contributed by atoms with E-state index in [0.29, 0.717) is 6.54 Å². The molecule has 0 spiro atoms. The molecule has 0 bridgehead atoms. The van der Waals surface area contributed by atoms with Gasteiger partial charge in [0, 0.05) is 19.5 Å². The van der Waals surface area contributed by atoms with Gasteiger partial charge in [0.15, 0.2) is 0 Å². The molecule has 2 aromatic rings. The van der Waals surface area contributed by atoms with Gasteiger partial charge >= 0.3 is 0 Å². The fraction of sp³-hybridized carbons (Fsp3) is 0.600. The zero-order valence-electron chi connectivity index (χ0n) is 24.5. The quantitative estimate of drug-likeness (QED) is 0.356. The first kappa shape index (κ1) is 31.7. The molecule has 220 valence electrons. The highest BCUT2D eigenvalue weighted by molar-refractivity contribution is 7.13. The van der Waals surface area contributed by atoms with Crippen LogP contribution >= 0.6 is 11.3 Å². The highest BCUT2D eigenvalue weighted by Gasteiger charge is 2.44. The van der Waals surface area contributed by atoms with Crippen LogP contribution in [0.25, 0.3) is 10.4 Å². The van der Waals surface area contributed by atoms with Gasteiger partial charge in [-0.25, -0.2) is 4.98 Å². The fourth-order valence-corrected chi connectivity index (χ4v) is 5.59. The molecular weight excluding hydrogens is 528 g/mol. The van der Waals surface area contributed by atoms with Crippen LogP contribution in [0.15, 0.2) is 29.8 Å². The number of hydrogen-bond donors (Lipinski definition) is 3. The molecule has 0 aliphatic carbocycles. The Morgan fingerprint density at radius 2 is 1.93 bits per heavy atom. The number of carbonyl (C=O) groups is 3. The van der Waals surface area contributed by atoms with E-state index in [2.05, 4.69) is 22.5 Å². The predicted octanol–water partition coefficient (Wildman–Crippen LogP) is 3.82. The molecule has 4 atom stereocenters. The zero-order valence-corrected chi connectivity index (χ0v) is 25.3. The fourth-order valence-electron chi connectivity index (χ4n) is 4.78. The summed E-state index contributed by atoms with van der Waals surface area (Å²) in [4.78, 5) is 46.4. The Balaban J connectivity index is 1.62. The van der Waals surface area contributed by atoms with Crippen LogP contribution in [0.1, 0.15) is 71.6 Å². The van der Waals surface area contributed by atoms with E-state index in [4.69, 9.17) is 4.74 Å². The summed E-state index contributed by atoms with van der Waals surface area (Å²) in [6.45, 7) is 11.8. The Kier molecular flexibility index (Phi) is 11.2. The zero-order chi connectivity index (χ0) is 29.4. The lowest BCUT2D eigenvalue weighted by molar-refractivity contribution is -0.145. The van der Waals surface area contributed by atoms with E-state index in [1.165, 1.54) is 4.90 Å². The molecule has 3 rings (SSSR count). The predicted molar refractivity (Wildman–Crippen MR) is 157 cm³/mol. The maximum Gasteiger partial charge on any atom is 0.246 e. The molecular formula is C30H44N4O5S. The van der Waals surface area contributed by atoms with E-state index in [9.17, 15) is 19.5 Å². The number of β-amino-alcohol motifs (C(OH)–C–C–N with tert-alkyl or cyclic N) is 1. The number of nitrogens with zero attached hydrogens (tertiary/aromatic N) is 2. The molecule has 1 aliphatic rings. The number of aromatic nitrogens is 1. The van der Waals surface area contributed by atoms with E-state index in [0.717, 1.165) is 41.0 Å². The second-order valence-electron chi connectivity index (χ2n) is 11.7. The monoisotopic (exact) mass is 572 g/mol. The summed E-state index contributed by atoms with van der Waals surface area (Å²) < 4.78 is 5.67. The maximum absolute atomic E-state index is 13.7. The lowest BCUT2D eigenvalue weighted by Crippen LogP contribution is -2.58. The summed E-state index contributed by atoms with van der Waals surface area (Å²) >= 11 is 1.59. The van der Waals surface area contributed by atoms with Gasteiger partial charge in [-0.05, 0) is 36.8 Å². The Bertz CT molecular complexity index is 1140. The number of benzene rings is 1. The number of rotatable bonds is 12. The third-order valence-electron chi connectivity index (χ3n) is 7.17. The first-order chi connectivity index (χ1) is 18.9. The molecule has 9 nitrogen and oxygen atoms in total. The van der Waals surface area contributed by atoms with Crippen molar-refractivity contribution in [2.75, 3.05) is 13.2 Å². The summed E-state index contributed by atoms with van der Waals surface area (Å²) in [5.74, 6) is -1.10. The van der Waals surface area contributed by atoms with Gasteiger partial charge in [0.05, 0.1) is 28.3 Å². The van der Waals surface area contributed by atoms with Gasteiger partial charge in [-0.15, -0.1) is 11.3 Å². The van der Waals surface area contributed by atoms with E-state index in [-0.39, 0.29) is 43.4 Å². The summed E-state index contributed by atoms with van der Waals surface area (Å²) in [6.07, 6.45) is 2.21. The standard InChI is InChI=1S/C30H44N4O5S/c1-7-8-9-19(2)39-17-25(36)33-27(30(4,5)6)29(38)34-16-23(35)14-24(34)28(37)31-15-21-10-12-22(13-11-21)26-20(3)32-18-40-26/h10-13,18-19,23-24,27,35H,7-9,14-17H2,1-6H3,(H,31,37)(H,33,36)/t19-,23-,24+,27?/m1/s1. The van der Waals surface area contributed by atoms with E-state index in [1.54, 1.807) is 11.3 Å². The normalized spacial score (nSPS) is 18.8. The maximum atomic E-state index is 13.7. The highest BCUT2D eigenvalue weighted by Crippen LogP contribution is 2.28. The smallest absolute Gasteiger partial charge is 0.246 e. The first-order valence-corrected chi connectivity index (χ1v) is 14.9. The minimum absolute atomic E-state index is 0.0345. The molecule has 1 saturated heterocycles. The van der Waals surface area contributed by atoms with Gasteiger partial charge in [0.1, 0.15) is 18.7 Å². The van der Waals surface area contributed by atoms with Crippen molar-refractivity contribution in [3.05, 3.63) is 41.0 Å². The van der Waals surface area contributed by atoms with Gasteiger partial charge < -0.3 is 25.4 Å². The number of aryl methyl sites for hydroxylation is 1. The van der Waals surface area contributed by atoms with Crippen LogP contribution in [0.4, 0.5) is 0 Å². The largest absolute Gasteiger partial charge is 0.391 e. The van der Waals surface area contributed by atoms with Crippen molar-refractivity contribution in [1.29, 1.82) is 0 Å². The lowest BCUT2D eigenvalue weighted by atomic mass is 9.85. The van der Waals surface area contributed by atoms with E-state index < -0.39 is 23.6 Å². The summed E-state index contributed by atoms with van der Waals surface area (Å²) in [7, 11) is 0. The van der Waals surface area contributed by atoms with Crippen molar-refractivity contribution in [1.82, 2.24) is 20.5 Å². The van der Waals surface area contributed by atoms with Gasteiger partial charge in [-0.1, -0.05) is 64.8 Å². The Morgan fingerprint density at radius 1 is 1.23 bits per heavy atom. The minimum atomic E-state index is -0.877. The molecule has 0 saturated carbocycles. The molecule has 3 N–H and O–H groups in total. The average molecular weight is 573 g/mol. The number of hydrogen-bond acceptors (Lipinski definition) is 7. The van der Waals surface area contributed by atoms with Crippen LogP contribution in [-0.2, 0) is 25.7 Å². The number of ether oxygens (including phenoxy) is 1. The van der Waals surface area contributed by atoms with E-state index >= 15 is 0 Å². The summed E-state index contributed by atoms with van der Waals surface area (Å²) in [6, 6.07) is 6.21. The van der Waals surface area contributed by atoms with Crippen LogP contribution in [0.2, 0.25) is 0 Å². The van der Waals surface area contributed by atoms with Crippen molar-refractivity contribution in [2.45, 2.75) is 98.1 Å². The van der Waals surface area contributed by atoms with Gasteiger partial charge in [0.25, 0.3) is 0 Å². The Morgan fingerprint density at radius 3 is 2.52 bits per heavy atom. The number of likely N-dealkylation sites (tertiary alicyclic amines) is 1. The molecule has 1 unspecified atom stereocenters. The topological polar surface area (TPSA) is 121 Å². The van der Waals surface area contributed by atoms with Crippen molar-refractivity contribution in [2.24, 2.45) is 5.41 Å². The second-order valence-corrected chi connectivity index (χ2v) is 12.6. The molecule has 0 radical (unpaired) electrons. The van der Waals surface area contributed by atoms with Crippen molar-refractivity contribution >= 4 is 29.1 Å². The number of thiazole rings is 1. The molecule has 1 aliphatic heterocycles. The number of unbranched alkanes of at least 4 members (excludes halogenated alkanes) is 1. The average Bonchev–Trinajstić information content (AvgIpc) is 3.52. The van der Waals surface area contributed by atoms with Crippen molar-refractivity contribution in [3.8, 4) is 10.4 Å². The number of nitrogens with one attached hydrogen (secondary N) is 2. The van der Waals surface area contributed by atoms with Crippen molar-refractivity contribution in [3.63, 3.8) is 0 Å². The molecule has 1 fully saturated rings. The Labute approximate surface area is 241 Å². The third kappa shape index (κ3) is 8.59. The second kappa shape index (κ2) is 14.2. The molecule has 1 aromatic heterocycles. The molecule has 2 heterocycles. The summed E-state index contributed by atoms with van der Waals surface area (Å²) in [5, 5.41) is 16.1. The van der Waals surface area contributed by atoms with Gasteiger partial charge in [-0.3, -0.25) is 14.4 Å². The van der Waals surface area contributed by atoms with Crippen LogP contribution in [0.3, 0.4) is 0 Å². The molecule has 10 heteroatoms. The molecule has 3 amide bonds. The Hall–Kier alpha value is -2.82. The highest BCUT2D eigenvalue weighted by atomic mass is 32.1. The van der Waals surface area contributed by atoms with Crippen molar-refractivity contribution < 1.29 is 24.2 Å². The van der Waals surface area contributed by atoms with Gasteiger partial charge in [0.2, 0.25) is 17.7 Å². The van der Waals surface area contributed by atoms with Gasteiger partial charge in [-0.2, -0.15) is 0 Å². The van der Waals surface area contributed by atoms with Crippen LogP contribution in [-0.4, -0.2) is 70.2 Å². The minimum Gasteiger partial charge on any atom is -0.391 e. The lowest BCUT2D eigenvalue weighted by Gasteiger charge is -2.35. The molecule has 1 aromatic carbocycles. The van der Waals surface area contributed by atoms with E-state index in [1.807, 2.05) is 64.4 Å². The first-order valence-electron chi connectivity index (χ1n) is 14.1. The van der Waals surface area contributed by atoms with Crippen LogP contribution in [0.5, 0.6) is 0 Å². The number of amides is 3. The van der Waals surface area contributed by atoms with Crippen LogP contribution in [0, 0.1) is 12.3 Å². The third-order valence-corrected chi connectivity index (χ3v) is 8.15. The number of carbonyl (C=O) groups excluding carboxylic acids is 3. The van der Waals surface area contributed by atoms with Crippen LogP contribution < -0.4 is 10.6 Å². The SMILES string of the molecule is CCCC[C@@H](C)OCC(=O)NC(C(=O)N1C[C@H](O)C[C@H]1C(=O)NCc1ccc(-c2scnc2C)cc1)C(C)(C)C. The molecule has 40 heavy (non-hydrogen) atoms.